The number of likely N-dealkylation sites (N-methyl/N-ethyl adjacent to an activating group) is 1. The third-order valence-corrected chi connectivity index (χ3v) is 6.36. The second-order valence-electron chi connectivity index (χ2n) is 6.11. The molecular formula is C15H21Cl2N3O3S. The van der Waals surface area contributed by atoms with E-state index in [1.54, 1.807) is 23.1 Å². The van der Waals surface area contributed by atoms with Gasteiger partial charge in [-0.1, -0.05) is 23.2 Å². The summed E-state index contributed by atoms with van der Waals surface area (Å²) in [4.78, 5) is 16.2. The lowest BCUT2D eigenvalue weighted by molar-refractivity contribution is 0.186. The summed E-state index contributed by atoms with van der Waals surface area (Å²) in [7, 11) is 0.735. The van der Waals surface area contributed by atoms with E-state index in [9.17, 15) is 13.2 Å². The van der Waals surface area contributed by atoms with E-state index in [-0.39, 0.29) is 23.6 Å². The first kappa shape index (κ1) is 19.3. The van der Waals surface area contributed by atoms with Gasteiger partial charge in [0.1, 0.15) is 0 Å². The summed E-state index contributed by atoms with van der Waals surface area (Å²) in [6.45, 7) is 1.09. The van der Waals surface area contributed by atoms with Crippen LogP contribution in [-0.2, 0) is 9.84 Å². The quantitative estimate of drug-likeness (QED) is 0.834. The molecule has 0 bridgehead atoms. The number of anilines is 1. The molecule has 2 amide bonds. The molecule has 134 valence electrons. The van der Waals surface area contributed by atoms with Crippen molar-refractivity contribution in [3.63, 3.8) is 0 Å². The van der Waals surface area contributed by atoms with Crippen LogP contribution in [0.15, 0.2) is 18.2 Å². The summed E-state index contributed by atoms with van der Waals surface area (Å²) in [5, 5.41) is 3.52. The SMILES string of the molecule is CN(C)CCN(C(=O)Nc1ccc(Cl)c(Cl)c1)C1CCS(=O)(=O)C1. The minimum atomic E-state index is -3.07. The lowest BCUT2D eigenvalue weighted by Crippen LogP contribution is -2.46. The summed E-state index contributed by atoms with van der Waals surface area (Å²) in [6.07, 6.45) is 0.463. The largest absolute Gasteiger partial charge is 0.322 e. The van der Waals surface area contributed by atoms with E-state index >= 15 is 0 Å². The van der Waals surface area contributed by atoms with Gasteiger partial charge in [0, 0.05) is 24.8 Å². The number of hydrogen-bond acceptors (Lipinski definition) is 4. The first-order valence-electron chi connectivity index (χ1n) is 7.56. The number of halogens is 2. The molecule has 0 radical (unpaired) electrons. The van der Waals surface area contributed by atoms with Crippen molar-refractivity contribution in [2.75, 3.05) is 44.0 Å². The van der Waals surface area contributed by atoms with E-state index in [0.29, 0.717) is 35.2 Å². The fourth-order valence-corrected chi connectivity index (χ4v) is 4.58. The van der Waals surface area contributed by atoms with Crippen molar-refractivity contribution in [3.05, 3.63) is 28.2 Å². The van der Waals surface area contributed by atoms with Crippen LogP contribution in [0.1, 0.15) is 6.42 Å². The lowest BCUT2D eigenvalue weighted by atomic mass is 10.2. The molecule has 1 aromatic carbocycles. The molecule has 1 unspecified atom stereocenters. The summed E-state index contributed by atoms with van der Waals surface area (Å²) in [5.74, 6) is 0.130. The van der Waals surface area contributed by atoms with Gasteiger partial charge in [-0.2, -0.15) is 0 Å². The Balaban J connectivity index is 2.12. The number of amides is 2. The van der Waals surface area contributed by atoms with Gasteiger partial charge in [-0.15, -0.1) is 0 Å². The molecule has 0 spiro atoms. The molecule has 1 heterocycles. The summed E-state index contributed by atoms with van der Waals surface area (Å²) < 4.78 is 23.5. The van der Waals surface area contributed by atoms with Crippen molar-refractivity contribution < 1.29 is 13.2 Å². The number of sulfone groups is 1. The Labute approximate surface area is 152 Å². The van der Waals surface area contributed by atoms with Crippen LogP contribution in [0.4, 0.5) is 10.5 Å². The molecule has 9 heteroatoms. The van der Waals surface area contributed by atoms with Crippen molar-refractivity contribution in [2.24, 2.45) is 0 Å². The van der Waals surface area contributed by atoms with Gasteiger partial charge in [0.15, 0.2) is 9.84 Å². The lowest BCUT2D eigenvalue weighted by Gasteiger charge is -2.29. The molecule has 1 aromatic rings. The van der Waals surface area contributed by atoms with Crippen LogP contribution in [0.3, 0.4) is 0 Å². The minimum Gasteiger partial charge on any atom is -0.319 e. The molecule has 2 rings (SSSR count). The first-order valence-corrected chi connectivity index (χ1v) is 10.1. The summed E-state index contributed by atoms with van der Waals surface area (Å²) in [5.41, 5.74) is 0.519. The van der Waals surface area contributed by atoms with Gasteiger partial charge >= 0.3 is 6.03 Å². The second kappa shape index (κ2) is 7.91. The topological polar surface area (TPSA) is 69.7 Å². The molecule has 1 saturated heterocycles. The standard InChI is InChI=1S/C15H21Cl2N3O3S/c1-19(2)6-7-20(12-5-8-24(22,23)10-12)15(21)18-11-3-4-13(16)14(17)9-11/h3-4,9,12H,5-8,10H2,1-2H3,(H,18,21). The predicted molar refractivity (Wildman–Crippen MR) is 97.8 cm³/mol. The highest BCUT2D eigenvalue weighted by Gasteiger charge is 2.34. The number of carbonyl (C=O) groups excluding carboxylic acids is 1. The fourth-order valence-electron chi connectivity index (χ4n) is 2.55. The smallest absolute Gasteiger partial charge is 0.319 e. The highest BCUT2D eigenvalue weighted by Crippen LogP contribution is 2.26. The van der Waals surface area contributed by atoms with E-state index in [0.717, 1.165) is 0 Å². The van der Waals surface area contributed by atoms with E-state index in [1.165, 1.54) is 0 Å². The number of carbonyl (C=O) groups is 1. The van der Waals surface area contributed by atoms with Gasteiger partial charge in [0.25, 0.3) is 0 Å². The average molecular weight is 394 g/mol. The maximum atomic E-state index is 12.6. The Kier molecular flexibility index (Phi) is 6.36. The van der Waals surface area contributed by atoms with Crippen molar-refractivity contribution >= 4 is 44.8 Å². The Morgan fingerprint density at radius 1 is 1.25 bits per heavy atom. The molecule has 1 aliphatic heterocycles. The van der Waals surface area contributed by atoms with Crippen LogP contribution >= 0.6 is 23.2 Å². The van der Waals surface area contributed by atoms with E-state index in [4.69, 9.17) is 23.2 Å². The summed E-state index contributed by atoms with van der Waals surface area (Å²) in [6, 6.07) is 4.18. The van der Waals surface area contributed by atoms with Crippen LogP contribution in [0, 0.1) is 0 Å². The van der Waals surface area contributed by atoms with Gasteiger partial charge in [-0.05, 0) is 38.7 Å². The molecule has 0 aromatic heterocycles. The van der Waals surface area contributed by atoms with Gasteiger partial charge in [-0.3, -0.25) is 0 Å². The van der Waals surface area contributed by atoms with Gasteiger partial charge in [-0.25, -0.2) is 13.2 Å². The van der Waals surface area contributed by atoms with Crippen molar-refractivity contribution in [3.8, 4) is 0 Å². The van der Waals surface area contributed by atoms with Crippen molar-refractivity contribution in [2.45, 2.75) is 12.5 Å². The third kappa shape index (κ3) is 5.24. The Hall–Kier alpha value is -1.02. The van der Waals surface area contributed by atoms with Crippen LogP contribution in [-0.4, -0.2) is 69.0 Å². The van der Waals surface area contributed by atoms with E-state index in [1.807, 2.05) is 19.0 Å². The molecule has 0 aliphatic carbocycles. The van der Waals surface area contributed by atoms with Crippen LogP contribution < -0.4 is 5.32 Å². The molecule has 1 N–H and O–H groups in total. The number of nitrogens with zero attached hydrogens (tertiary/aromatic N) is 2. The first-order chi connectivity index (χ1) is 11.2. The maximum absolute atomic E-state index is 12.6. The maximum Gasteiger partial charge on any atom is 0.322 e. The molecule has 1 fully saturated rings. The number of rotatable bonds is 5. The van der Waals surface area contributed by atoms with E-state index in [2.05, 4.69) is 5.32 Å². The number of hydrogen-bond donors (Lipinski definition) is 1. The van der Waals surface area contributed by atoms with Gasteiger partial charge in [0.2, 0.25) is 0 Å². The zero-order valence-corrected chi connectivity index (χ0v) is 16.0. The van der Waals surface area contributed by atoms with Gasteiger partial charge in [0.05, 0.1) is 21.6 Å². The van der Waals surface area contributed by atoms with E-state index < -0.39 is 9.84 Å². The molecule has 1 atom stereocenters. The van der Waals surface area contributed by atoms with Crippen molar-refractivity contribution in [1.82, 2.24) is 9.80 Å². The Bertz CT molecular complexity index is 710. The molecule has 0 saturated carbocycles. The second-order valence-corrected chi connectivity index (χ2v) is 9.16. The van der Waals surface area contributed by atoms with Crippen LogP contribution in [0.5, 0.6) is 0 Å². The Morgan fingerprint density at radius 2 is 1.96 bits per heavy atom. The average Bonchev–Trinajstić information content (AvgIpc) is 2.83. The zero-order valence-electron chi connectivity index (χ0n) is 13.6. The van der Waals surface area contributed by atoms with Crippen LogP contribution in [0.25, 0.3) is 0 Å². The van der Waals surface area contributed by atoms with Gasteiger partial charge < -0.3 is 15.1 Å². The van der Waals surface area contributed by atoms with Crippen LogP contribution in [0.2, 0.25) is 10.0 Å². The van der Waals surface area contributed by atoms with Crippen molar-refractivity contribution in [1.29, 1.82) is 0 Å². The summed E-state index contributed by atoms with van der Waals surface area (Å²) >= 11 is 11.8. The third-order valence-electron chi connectivity index (χ3n) is 3.87. The Morgan fingerprint density at radius 3 is 2.50 bits per heavy atom. The monoisotopic (exact) mass is 393 g/mol. The molecule has 24 heavy (non-hydrogen) atoms. The molecular weight excluding hydrogens is 373 g/mol. The number of urea groups is 1. The normalized spacial score (nSPS) is 19.5. The fraction of sp³-hybridized carbons (Fsp3) is 0.533. The zero-order chi connectivity index (χ0) is 17.9. The predicted octanol–water partition coefficient (Wildman–Crippen LogP) is 2.58. The minimum absolute atomic E-state index is 0.00915. The highest BCUT2D eigenvalue weighted by molar-refractivity contribution is 7.91. The highest BCUT2D eigenvalue weighted by atomic mass is 35.5. The molecule has 1 aliphatic rings. The number of benzene rings is 1. The molecule has 6 nitrogen and oxygen atoms in total. The number of nitrogens with one attached hydrogen (secondary N) is 1.